The van der Waals surface area contributed by atoms with Crippen molar-refractivity contribution >= 4 is 23.6 Å². The Labute approximate surface area is 120 Å². The number of thioether (sulfide) groups is 1. The summed E-state index contributed by atoms with van der Waals surface area (Å²) in [6.45, 7) is 6.30. The normalized spacial score (nSPS) is 26.6. The summed E-state index contributed by atoms with van der Waals surface area (Å²) in [4.78, 5) is 25.8. The van der Waals surface area contributed by atoms with Gasteiger partial charge in [-0.05, 0) is 39.0 Å². The molecule has 1 atom stereocenters. The Hall–Kier alpha value is -0.920. The molecule has 2 amide bonds. The van der Waals surface area contributed by atoms with Crippen molar-refractivity contribution in [3.63, 3.8) is 0 Å². The number of carbonyl (C=O) groups excluding carboxylic acids is 2. The highest BCUT2D eigenvalue weighted by Crippen LogP contribution is 2.33. The Balaban J connectivity index is 2.91. The van der Waals surface area contributed by atoms with Gasteiger partial charge in [0.2, 0.25) is 11.8 Å². The first-order valence-electron chi connectivity index (χ1n) is 6.29. The van der Waals surface area contributed by atoms with Gasteiger partial charge < -0.3 is 10.2 Å². The SMILES string of the molecule is CCC1(C)C(=O)NC(C)(C)C(=O)N1CCSC(F)(F)F. The highest BCUT2D eigenvalue weighted by Gasteiger charge is 2.51. The molecule has 1 rings (SSSR count). The van der Waals surface area contributed by atoms with Gasteiger partial charge in [0.1, 0.15) is 11.1 Å². The van der Waals surface area contributed by atoms with Crippen LogP contribution in [-0.2, 0) is 9.59 Å². The highest BCUT2D eigenvalue weighted by molar-refractivity contribution is 8.00. The van der Waals surface area contributed by atoms with Gasteiger partial charge in [-0.1, -0.05) is 6.92 Å². The summed E-state index contributed by atoms with van der Waals surface area (Å²) in [5.74, 6) is -0.973. The van der Waals surface area contributed by atoms with Crippen molar-refractivity contribution < 1.29 is 22.8 Å². The number of halogens is 3. The molecule has 1 aliphatic rings. The van der Waals surface area contributed by atoms with Crippen LogP contribution in [-0.4, -0.2) is 45.6 Å². The molecule has 1 N–H and O–H groups in total. The minimum Gasteiger partial charge on any atom is -0.340 e. The zero-order chi connectivity index (χ0) is 15.8. The van der Waals surface area contributed by atoms with Crippen LogP contribution < -0.4 is 5.32 Å². The Morgan fingerprint density at radius 2 is 1.80 bits per heavy atom. The maximum atomic E-state index is 12.3. The molecule has 1 unspecified atom stereocenters. The summed E-state index contributed by atoms with van der Waals surface area (Å²) in [6.07, 6.45) is 0.345. The van der Waals surface area contributed by atoms with E-state index in [2.05, 4.69) is 5.32 Å². The Morgan fingerprint density at radius 1 is 1.25 bits per heavy atom. The van der Waals surface area contributed by atoms with E-state index in [1.165, 1.54) is 4.90 Å². The monoisotopic (exact) mass is 312 g/mol. The summed E-state index contributed by atoms with van der Waals surface area (Å²) < 4.78 is 36.6. The van der Waals surface area contributed by atoms with E-state index < -0.39 is 16.6 Å². The second-order valence-corrected chi connectivity index (χ2v) is 6.62. The number of hydrogen-bond acceptors (Lipinski definition) is 3. The van der Waals surface area contributed by atoms with E-state index in [0.717, 1.165) is 0 Å². The Bertz CT molecular complexity index is 412. The number of nitrogens with zero attached hydrogens (tertiary/aromatic N) is 1. The molecule has 0 spiro atoms. The van der Waals surface area contributed by atoms with Crippen LogP contribution >= 0.6 is 11.8 Å². The maximum Gasteiger partial charge on any atom is 0.441 e. The molecule has 116 valence electrons. The number of amides is 2. The third-order valence-corrected chi connectivity index (χ3v) is 4.27. The number of carbonyl (C=O) groups is 2. The predicted octanol–water partition coefficient (Wildman–Crippen LogP) is 2.15. The van der Waals surface area contributed by atoms with Gasteiger partial charge in [0.05, 0.1) is 0 Å². The number of nitrogens with one attached hydrogen (secondary N) is 1. The standard InChI is InChI=1S/C12H19F3N2O2S/c1-5-11(4)8(18)16-10(2,3)9(19)17(11)6-7-20-12(13,14)15/h5-7H2,1-4H3,(H,16,18). The summed E-state index contributed by atoms with van der Waals surface area (Å²) in [5, 5.41) is 2.62. The number of rotatable bonds is 4. The van der Waals surface area contributed by atoms with Crippen molar-refractivity contribution in [2.45, 2.75) is 50.7 Å². The van der Waals surface area contributed by atoms with Gasteiger partial charge in [0.25, 0.3) is 0 Å². The van der Waals surface area contributed by atoms with Gasteiger partial charge in [-0.3, -0.25) is 9.59 Å². The number of hydrogen-bond donors (Lipinski definition) is 1. The topological polar surface area (TPSA) is 49.4 Å². The third kappa shape index (κ3) is 3.39. The lowest BCUT2D eigenvalue weighted by Crippen LogP contribution is -2.73. The molecule has 0 aromatic heterocycles. The number of alkyl halides is 3. The first-order chi connectivity index (χ1) is 8.94. The molecule has 8 heteroatoms. The van der Waals surface area contributed by atoms with Gasteiger partial charge in [-0.2, -0.15) is 13.2 Å². The average molecular weight is 312 g/mol. The molecule has 1 heterocycles. The van der Waals surface area contributed by atoms with Crippen molar-refractivity contribution in [1.82, 2.24) is 10.2 Å². The first-order valence-corrected chi connectivity index (χ1v) is 7.28. The van der Waals surface area contributed by atoms with Crippen LogP contribution in [0.5, 0.6) is 0 Å². The summed E-state index contributed by atoms with van der Waals surface area (Å²) in [7, 11) is 0. The van der Waals surface area contributed by atoms with Gasteiger partial charge in [-0.25, -0.2) is 0 Å². The van der Waals surface area contributed by atoms with Crippen molar-refractivity contribution in [2.75, 3.05) is 12.3 Å². The van der Waals surface area contributed by atoms with E-state index in [1.54, 1.807) is 27.7 Å². The van der Waals surface area contributed by atoms with E-state index in [-0.39, 0.29) is 35.9 Å². The lowest BCUT2D eigenvalue weighted by molar-refractivity contribution is -0.160. The second-order valence-electron chi connectivity index (χ2n) is 5.46. The fourth-order valence-electron chi connectivity index (χ4n) is 2.11. The Kier molecular flexibility index (Phi) is 4.68. The van der Waals surface area contributed by atoms with Crippen LogP contribution in [0.15, 0.2) is 0 Å². The molecule has 0 radical (unpaired) electrons. The van der Waals surface area contributed by atoms with Crippen LogP contribution in [0.3, 0.4) is 0 Å². The van der Waals surface area contributed by atoms with Crippen molar-refractivity contribution in [3.8, 4) is 0 Å². The first kappa shape index (κ1) is 17.1. The molecule has 1 fully saturated rings. The maximum absolute atomic E-state index is 12.3. The molecule has 0 bridgehead atoms. The second kappa shape index (κ2) is 5.46. The largest absolute Gasteiger partial charge is 0.441 e. The molecule has 0 aromatic carbocycles. The van der Waals surface area contributed by atoms with E-state index in [1.807, 2.05) is 0 Å². The molecule has 20 heavy (non-hydrogen) atoms. The fourth-order valence-corrected chi connectivity index (χ4v) is 2.61. The minimum atomic E-state index is -4.33. The third-order valence-electron chi connectivity index (χ3n) is 3.56. The molecule has 1 saturated heterocycles. The quantitative estimate of drug-likeness (QED) is 0.865. The van der Waals surface area contributed by atoms with Crippen molar-refractivity contribution in [2.24, 2.45) is 0 Å². The highest BCUT2D eigenvalue weighted by atomic mass is 32.2. The van der Waals surface area contributed by atoms with E-state index in [4.69, 9.17) is 0 Å². The fraction of sp³-hybridized carbons (Fsp3) is 0.833. The van der Waals surface area contributed by atoms with E-state index in [9.17, 15) is 22.8 Å². The lowest BCUT2D eigenvalue weighted by atomic mass is 9.86. The van der Waals surface area contributed by atoms with Gasteiger partial charge in [0, 0.05) is 12.3 Å². The van der Waals surface area contributed by atoms with Crippen molar-refractivity contribution in [1.29, 1.82) is 0 Å². The van der Waals surface area contributed by atoms with E-state index in [0.29, 0.717) is 6.42 Å². The Morgan fingerprint density at radius 3 is 2.25 bits per heavy atom. The van der Waals surface area contributed by atoms with Crippen LogP contribution in [0.25, 0.3) is 0 Å². The molecule has 0 aromatic rings. The zero-order valence-electron chi connectivity index (χ0n) is 11.9. The predicted molar refractivity (Wildman–Crippen MR) is 71.1 cm³/mol. The number of piperazine rings is 1. The summed E-state index contributed by atoms with van der Waals surface area (Å²) in [5.41, 5.74) is -6.52. The van der Waals surface area contributed by atoms with Gasteiger partial charge in [0.15, 0.2) is 0 Å². The molecule has 0 aliphatic carbocycles. The van der Waals surface area contributed by atoms with Crippen LogP contribution in [0.1, 0.15) is 34.1 Å². The molecular weight excluding hydrogens is 293 g/mol. The molecular formula is C12H19F3N2O2S. The average Bonchev–Trinajstić information content (AvgIpc) is 2.29. The van der Waals surface area contributed by atoms with E-state index >= 15 is 0 Å². The summed E-state index contributed by atoms with van der Waals surface area (Å²) >= 11 is -0.184. The molecule has 4 nitrogen and oxygen atoms in total. The molecule has 0 saturated carbocycles. The lowest BCUT2D eigenvalue weighted by Gasteiger charge is -2.49. The van der Waals surface area contributed by atoms with Crippen LogP contribution in [0.4, 0.5) is 13.2 Å². The van der Waals surface area contributed by atoms with Crippen molar-refractivity contribution in [3.05, 3.63) is 0 Å². The van der Waals surface area contributed by atoms with Crippen LogP contribution in [0, 0.1) is 0 Å². The minimum absolute atomic E-state index is 0.107. The van der Waals surface area contributed by atoms with Gasteiger partial charge >= 0.3 is 5.51 Å². The smallest absolute Gasteiger partial charge is 0.340 e. The zero-order valence-corrected chi connectivity index (χ0v) is 12.7. The van der Waals surface area contributed by atoms with Crippen LogP contribution in [0.2, 0.25) is 0 Å². The summed E-state index contributed by atoms with van der Waals surface area (Å²) in [6, 6.07) is 0. The van der Waals surface area contributed by atoms with Gasteiger partial charge in [-0.15, -0.1) is 0 Å². The molecule has 1 aliphatic heterocycles.